The number of oxime groups is 1. The number of benzene rings is 2. The summed E-state index contributed by atoms with van der Waals surface area (Å²) in [5.41, 5.74) is 2.95. The highest BCUT2D eigenvalue weighted by Gasteiger charge is 2.15. The first-order chi connectivity index (χ1) is 13.0. The van der Waals surface area contributed by atoms with Crippen molar-refractivity contribution in [3.05, 3.63) is 82.6 Å². The van der Waals surface area contributed by atoms with Gasteiger partial charge in [0.1, 0.15) is 12.2 Å². The lowest BCUT2D eigenvalue weighted by Gasteiger charge is -2.09. The molecule has 0 saturated heterocycles. The summed E-state index contributed by atoms with van der Waals surface area (Å²) in [6, 6.07) is 14.5. The number of methoxy groups -OCH3 is 1. The van der Waals surface area contributed by atoms with Crippen LogP contribution in [0.25, 0.3) is 11.6 Å². The summed E-state index contributed by atoms with van der Waals surface area (Å²) in [5.74, 6) is -1.07. The van der Waals surface area contributed by atoms with Crippen molar-refractivity contribution in [2.24, 2.45) is 5.16 Å². The lowest BCUT2D eigenvalue weighted by atomic mass is 10.0. The largest absolute Gasteiger partial charge is 0.503 e. The van der Waals surface area contributed by atoms with E-state index in [1.807, 2.05) is 49.4 Å². The summed E-state index contributed by atoms with van der Waals surface area (Å²) >= 11 is 5.86. The van der Waals surface area contributed by atoms with Crippen molar-refractivity contribution in [1.82, 2.24) is 0 Å². The molecule has 6 heteroatoms. The van der Waals surface area contributed by atoms with E-state index in [1.165, 1.54) is 13.4 Å². The van der Waals surface area contributed by atoms with Crippen molar-refractivity contribution in [2.45, 2.75) is 13.5 Å². The number of hydrogen-bond acceptors (Lipinski definition) is 4. The van der Waals surface area contributed by atoms with E-state index >= 15 is 0 Å². The quantitative estimate of drug-likeness (QED) is 0.300. The van der Waals surface area contributed by atoms with Crippen molar-refractivity contribution >= 4 is 34.9 Å². The van der Waals surface area contributed by atoms with E-state index in [0.717, 1.165) is 5.56 Å². The molecular weight excluding hydrogens is 366 g/mol. The number of aliphatic carboxylic acids is 1. The molecule has 0 aliphatic carbocycles. The molecular formula is C21H20ClNO4. The third-order valence-electron chi connectivity index (χ3n) is 3.59. The molecule has 2 aromatic rings. The minimum Gasteiger partial charge on any atom is -0.503 e. The summed E-state index contributed by atoms with van der Waals surface area (Å²) < 4.78 is 4.87. The summed E-state index contributed by atoms with van der Waals surface area (Å²) in [5, 5.41) is 14.1. The van der Waals surface area contributed by atoms with E-state index < -0.39 is 5.97 Å². The topological polar surface area (TPSA) is 68.1 Å². The molecule has 2 rings (SSSR count). The Morgan fingerprint density at radius 1 is 1.19 bits per heavy atom. The van der Waals surface area contributed by atoms with Crippen LogP contribution in [0.1, 0.15) is 23.6 Å². The van der Waals surface area contributed by atoms with E-state index in [1.54, 1.807) is 18.2 Å². The van der Waals surface area contributed by atoms with Gasteiger partial charge in [0.2, 0.25) is 0 Å². The molecule has 0 amide bonds. The molecule has 0 fully saturated rings. The van der Waals surface area contributed by atoms with Gasteiger partial charge < -0.3 is 14.7 Å². The van der Waals surface area contributed by atoms with Crippen LogP contribution >= 0.6 is 11.6 Å². The highest BCUT2D eigenvalue weighted by Crippen LogP contribution is 2.21. The van der Waals surface area contributed by atoms with E-state index in [9.17, 15) is 9.90 Å². The molecule has 0 aliphatic heterocycles. The molecule has 0 aliphatic rings. The third kappa shape index (κ3) is 6.31. The molecule has 0 heterocycles. The number of nitrogens with zero attached hydrogens (tertiary/aromatic N) is 1. The second kappa shape index (κ2) is 10.2. The van der Waals surface area contributed by atoms with Crippen LogP contribution < -0.4 is 0 Å². The maximum Gasteiger partial charge on any atom is 0.339 e. The Morgan fingerprint density at radius 3 is 2.56 bits per heavy atom. The molecule has 27 heavy (non-hydrogen) atoms. The van der Waals surface area contributed by atoms with Gasteiger partial charge >= 0.3 is 5.97 Å². The van der Waals surface area contributed by atoms with Gasteiger partial charge in [-0.3, -0.25) is 0 Å². The van der Waals surface area contributed by atoms with Crippen LogP contribution in [-0.2, 0) is 21.0 Å². The zero-order valence-corrected chi connectivity index (χ0v) is 15.8. The fourth-order valence-corrected chi connectivity index (χ4v) is 2.41. The van der Waals surface area contributed by atoms with Crippen LogP contribution in [0, 0.1) is 0 Å². The Bertz CT molecular complexity index is 870. The smallest absolute Gasteiger partial charge is 0.339 e. The molecule has 0 aromatic heterocycles. The summed E-state index contributed by atoms with van der Waals surface area (Å²) in [7, 11) is 1.41. The standard InChI is InChI=1S/C21H20ClNO4/c1-15(7-8-16-9-11-18(22)12-10-16)23-27-13-17-5-3-4-6-19(17)20(14-26-2)21(24)25/h3-12,14H,13H2,1-2H3,(H,24,25)/b8-7+,20-14+,23-15?. The van der Waals surface area contributed by atoms with E-state index in [0.29, 0.717) is 21.9 Å². The highest BCUT2D eigenvalue weighted by molar-refractivity contribution is 6.30. The summed E-state index contributed by atoms with van der Waals surface area (Å²) in [4.78, 5) is 16.8. The Hall–Kier alpha value is -3.05. The number of ether oxygens (including phenoxy) is 1. The normalized spacial score (nSPS) is 12.3. The van der Waals surface area contributed by atoms with Gasteiger partial charge in [-0.05, 0) is 36.3 Å². The van der Waals surface area contributed by atoms with Crippen LogP contribution in [0.2, 0.25) is 5.02 Å². The second-order valence-electron chi connectivity index (χ2n) is 5.62. The lowest BCUT2D eigenvalue weighted by Crippen LogP contribution is -2.04. The van der Waals surface area contributed by atoms with Crippen LogP contribution in [0.15, 0.2) is 66.0 Å². The first kappa shape index (κ1) is 20.3. The predicted molar refractivity (Wildman–Crippen MR) is 107 cm³/mol. The zero-order chi connectivity index (χ0) is 19.6. The molecule has 140 valence electrons. The molecule has 0 atom stereocenters. The van der Waals surface area contributed by atoms with E-state index in [-0.39, 0.29) is 12.2 Å². The molecule has 0 saturated carbocycles. The van der Waals surface area contributed by atoms with Gasteiger partial charge in [0, 0.05) is 10.6 Å². The minimum absolute atomic E-state index is 0.0556. The average molecular weight is 386 g/mol. The van der Waals surface area contributed by atoms with Crippen LogP contribution in [-0.4, -0.2) is 23.9 Å². The van der Waals surface area contributed by atoms with Gasteiger partial charge in [0.05, 0.1) is 19.1 Å². The molecule has 0 unspecified atom stereocenters. The monoisotopic (exact) mass is 385 g/mol. The number of carboxylic acid groups (broad SMARTS) is 1. The summed E-state index contributed by atoms with van der Waals surface area (Å²) in [6.07, 6.45) is 4.92. The minimum atomic E-state index is -1.07. The fraction of sp³-hybridized carbons (Fsp3) is 0.143. The maximum atomic E-state index is 11.4. The number of carboxylic acids is 1. The van der Waals surface area contributed by atoms with Crippen LogP contribution in [0.3, 0.4) is 0 Å². The van der Waals surface area contributed by atoms with Gasteiger partial charge in [-0.2, -0.15) is 0 Å². The lowest BCUT2D eigenvalue weighted by molar-refractivity contribution is -0.130. The van der Waals surface area contributed by atoms with Gasteiger partial charge in [-0.1, -0.05) is 59.2 Å². The van der Waals surface area contributed by atoms with Crippen molar-refractivity contribution in [3.8, 4) is 0 Å². The van der Waals surface area contributed by atoms with Crippen molar-refractivity contribution in [3.63, 3.8) is 0 Å². The first-order valence-corrected chi connectivity index (χ1v) is 8.54. The Labute approximate surface area is 163 Å². The number of hydrogen-bond donors (Lipinski definition) is 1. The predicted octanol–water partition coefficient (Wildman–Crippen LogP) is 5.02. The number of allylic oxidation sites excluding steroid dienone is 1. The Kier molecular flexibility index (Phi) is 7.64. The molecule has 0 bridgehead atoms. The number of halogens is 1. The van der Waals surface area contributed by atoms with Crippen LogP contribution in [0.4, 0.5) is 0 Å². The molecule has 0 radical (unpaired) electrons. The average Bonchev–Trinajstić information content (AvgIpc) is 2.66. The summed E-state index contributed by atoms with van der Waals surface area (Å²) in [6.45, 7) is 1.95. The van der Waals surface area contributed by atoms with Crippen molar-refractivity contribution in [1.29, 1.82) is 0 Å². The third-order valence-corrected chi connectivity index (χ3v) is 3.84. The molecule has 0 spiro atoms. The SMILES string of the molecule is CO/C=C(/C(=O)O)c1ccccc1CON=C(C)/C=C/c1ccc(Cl)cc1. The maximum absolute atomic E-state index is 11.4. The Balaban J connectivity index is 2.06. The van der Waals surface area contributed by atoms with Crippen molar-refractivity contribution in [2.75, 3.05) is 7.11 Å². The Morgan fingerprint density at radius 2 is 1.89 bits per heavy atom. The van der Waals surface area contributed by atoms with Gasteiger partial charge in [-0.25, -0.2) is 4.79 Å². The fourth-order valence-electron chi connectivity index (χ4n) is 2.28. The van der Waals surface area contributed by atoms with Gasteiger partial charge in [0.15, 0.2) is 0 Å². The number of rotatable bonds is 8. The van der Waals surface area contributed by atoms with Gasteiger partial charge in [0.25, 0.3) is 0 Å². The molecule has 5 nitrogen and oxygen atoms in total. The number of carbonyl (C=O) groups is 1. The van der Waals surface area contributed by atoms with E-state index in [2.05, 4.69) is 5.16 Å². The molecule has 2 aromatic carbocycles. The zero-order valence-electron chi connectivity index (χ0n) is 15.1. The van der Waals surface area contributed by atoms with Crippen molar-refractivity contribution < 1.29 is 19.5 Å². The van der Waals surface area contributed by atoms with Gasteiger partial charge in [-0.15, -0.1) is 0 Å². The highest BCUT2D eigenvalue weighted by atomic mass is 35.5. The second-order valence-corrected chi connectivity index (χ2v) is 6.06. The van der Waals surface area contributed by atoms with E-state index in [4.69, 9.17) is 21.2 Å². The molecule has 1 N–H and O–H groups in total. The first-order valence-electron chi connectivity index (χ1n) is 8.16. The van der Waals surface area contributed by atoms with Crippen LogP contribution in [0.5, 0.6) is 0 Å².